The number of hydrogen-bond donors (Lipinski definition) is 1. The highest BCUT2D eigenvalue weighted by Crippen LogP contribution is 2.28. The number of carboxylic acids is 1. The first kappa shape index (κ1) is 16.7. The van der Waals surface area contributed by atoms with Crippen LogP contribution in [-0.4, -0.2) is 67.2 Å². The molecule has 0 aromatic carbocycles. The highest BCUT2D eigenvalue weighted by Gasteiger charge is 2.38. The molecular formula is C14H25NO5S. The van der Waals surface area contributed by atoms with Crippen LogP contribution in [0.15, 0.2) is 0 Å². The number of sulfone groups is 1. The maximum atomic E-state index is 11.7. The van der Waals surface area contributed by atoms with Crippen LogP contribution in [-0.2, 0) is 19.4 Å². The van der Waals surface area contributed by atoms with E-state index in [4.69, 9.17) is 9.84 Å². The molecular weight excluding hydrogens is 294 g/mol. The molecule has 2 saturated heterocycles. The SMILES string of the molecule is CC(C)C1CC(N(CC(=O)O)C2CCS(=O)(=O)C2)CCO1. The van der Waals surface area contributed by atoms with Crippen LogP contribution in [0, 0.1) is 5.92 Å². The van der Waals surface area contributed by atoms with Gasteiger partial charge in [0.15, 0.2) is 9.84 Å². The van der Waals surface area contributed by atoms with E-state index in [-0.39, 0.29) is 36.2 Å². The summed E-state index contributed by atoms with van der Waals surface area (Å²) < 4.78 is 29.1. The lowest BCUT2D eigenvalue weighted by atomic mass is 9.93. The number of nitrogens with zero attached hydrogens (tertiary/aromatic N) is 1. The van der Waals surface area contributed by atoms with E-state index in [1.807, 2.05) is 4.90 Å². The van der Waals surface area contributed by atoms with Crippen molar-refractivity contribution in [1.82, 2.24) is 4.90 Å². The Morgan fingerprint density at radius 3 is 2.57 bits per heavy atom. The fraction of sp³-hybridized carbons (Fsp3) is 0.929. The summed E-state index contributed by atoms with van der Waals surface area (Å²) in [6.45, 7) is 4.71. The average Bonchev–Trinajstić information content (AvgIpc) is 2.76. The molecule has 0 saturated carbocycles. The van der Waals surface area contributed by atoms with Gasteiger partial charge in [-0.05, 0) is 25.2 Å². The summed E-state index contributed by atoms with van der Waals surface area (Å²) >= 11 is 0. The number of aliphatic carboxylic acids is 1. The zero-order valence-electron chi connectivity index (χ0n) is 12.7. The molecule has 122 valence electrons. The van der Waals surface area contributed by atoms with Crippen molar-refractivity contribution in [2.24, 2.45) is 5.92 Å². The largest absolute Gasteiger partial charge is 0.480 e. The molecule has 1 N–H and O–H groups in total. The summed E-state index contributed by atoms with van der Waals surface area (Å²) in [6.07, 6.45) is 2.21. The first-order chi connectivity index (χ1) is 9.78. The summed E-state index contributed by atoms with van der Waals surface area (Å²) in [5, 5.41) is 9.16. The third kappa shape index (κ3) is 4.40. The number of carbonyl (C=O) groups is 1. The number of ether oxygens (including phenoxy) is 1. The Hall–Kier alpha value is -0.660. The van der Waals surface area contributed by atoms with E-state index in [1.165, 1.54) is 0 Å². The van der Waals surface area contributed by atoms with Crippen LogP contribution >= 0.6 is 0 Å². The van der Waals surface area contributed by atoms with E-state index in [1.54, 1.807) is 0 Å². The van der Waals surface area contributed by atoms with Gasteiger partial charge in [-0.25, -0.2) is 8.42 Å². The maximum absolute atomic E-state index is 11.7. The molecule has 0 amide bonds. The predicted molar refractivity (Wildman–Crippen MR) is 79.0 cm³/mol. The second-order valence-electron chi connectivity index (χ2n) is 6.45. The minimum absolute atomic E-state index is 0.0873. The second kappa shape index (κ2) is 6.62. The number of carboxylic acid groups (broad SMARTS) is 1. The molecule has 3 atom stereocenters. The van der Waals surface area contributed by atoms with E-state index in [2.05, 4.69) is 13.8 Å². The van der Waals surface area contributed by atoms with Crippen LogP contribution in [0.4, 0.5) is 0 Å². The van der Waals surface area contributed by atoms with Gasteiger partial charge in [0.1, 0.15) is 0 Å². The average molecular weight is 319 g/mol. The van der Waals surface area contributed by atoms with Gasteiger partial charge in [0.05, 0.1) is 24.2 Å². The maximum Gasteiger partial charge on any atom is 0.317 e. The van der Waals surface area contributed by atoms with E-state index in [0.717, 1.165) is 12.8 Å². The lowest BCUT2D eigenvalue weighted by Crippen LogP contribution is -2.50. The van der Waals surface area contributed by atoms with Crippen molar-refractivity contribution in [3.8, 4) is 0 Å². The highest BCUT2D eigenvalue weighted by molar-refractivity contribution is 7.91. The van der Waals surface area contributed by atoms with Crippen LogP contribution in [0.2, 0.25) is 0 Å². The molecule has 2 rings (SSSR count). The van der Waals surface area contributed by atoms with Gasteiger partial charge < -0.3 is 9.84 Å². The van der Waals surface area contributed by atoms with Crippen molar-refractivity contribution in [3.63, 3.8) is 0 Å². The molecule has 0 aromatic rings. The van der Waals surface area contributed by atoms with E-state index in [9.17, 15) is 13.2 Å². The van der Waals surface area contributed by atoms with Crippen molar-refractivity contribution in [1.29, 1.82) is 0 Å². The molecule has 0 bridgehead atoms. The summed E-state index contributed by atoms with van der Waals surface area (Å²) in [4.78, 5) is 13.1. The summed E-state index contributed by atoms with van der Waals surface area (Å²) in [5.41, 5.74) is 0. The van der Waals surface area contributed by atoms with Gasteiger partial charge in [0.2, 0.25) is 0 Å². The molecule has 0 radical (unpaired) electrons. The summed E-state index contributed by atoms with van der Waals surface area (Å²) in [5.74, 6) is -0.257. The fourth-order valence-corrected chi connectivity index (χ4v) is 5.07. The molecule has 3 unspecified atom stereocenters. The lowest BCUT2D eigenvalue weighted by Gasteiger charge is -2.40. The Kier molecular flexibility index (Phi) is 5.27. The Morgan fingerprint density at radius 2 is 2.05 bits per heavy atom. The normalized spacial score (nSPS) is 32.7. The quantitative estimate of drug-likeness (QED) is 0.805. The van der Waals surface area contributed by atoms with Gasteiger partial charge in [0.25, 0.3) is 0 Å². The van der Waals surface area contributed by atoms with Crippen molar-refractivity contribution in [2.45, 2.75) is 51.3 Å². The number of hydrogen-bond acceptors (Lipinski definition) is 5. The van der Waals surface area contributed by atoms with Crippen molar-refractivity contribution in [3.05, 3.63) is 0 Å². The van der Waals surface area contributed by atoms with Crippen LogP contribution in [0.5, 0.6) is 0 Å². The zero-order chi connectivity index (χ0) is 15.6. The van der Waals surface area contributed by atoms with Crippen molar-refractivity contribution in [2.75, 3.05) is 24.7 Å². The van der Waals surface area contributed by atoms with Gasteiger partial charge >= 0.3 is 5.97 Å². The van der Waals surface area contributed by atoms with Crippen LogP contribution in [0.3, 0.4) is 0 Å². The molecule has 2 fully saturated rings. The standard InChI is InChI=1S/C14H25NO5S/c1-10(2)13-7-11(3-5-20-13)15(8-14(16)17)12-4-6-21(18,19)9-12/h10-13H,3-9H2,1-2H3,(H,16,17). The van der Waals surface area contributed by atoms with E-state index >= 15 is 0 Å². The molecule has 7 heteroatoms. The zero-order valence-corrected chi connectivity index (χ0v) is 13.5. The fourth-order valence-electron chi connectivity index (χ4n) is 3.32. The topological polar surface area (TPSA) is 83.9 Å². The lowest BCUT2D eigenvalue weighted by molar-refractivity contribution is -0.141. The first-order valence-corrected chi connectivity index (χ1v) is 9.40. The molecule has 2 aliphatic heterocycles. The minimum Gasteiger partial charge on any atom is -0.480 e. The number of rotatable bonds is 5. The van der Waals surface area contributed by atoms with Crippen LogP contribution < -0.4 is 0 Å². The third-order valence-electron chi connectivity index (χ3n) is 4.50. The second-order valence-corrected chi connectivity index (χ2v) is 8.68. The smallest absolute Gasteiger partial charge is 0.317 e. The molecule has 0 aromatic heterocycles. The van der Waals surface area contributed by atoms with Crippen molar-refractivity contribution < 1.29 is 23.1 Å². The monoisotopic (exact) mass is 319 g/mol. The molecule has 0 spiro atoms. The highest BCUT2D eigenvalue weighted by atomic mass is 32.2. The first-order valence-electron chi connectivity index (χ1n) is 7.58. The predicted octanol–water partition coefficient (Wildman–Crippen LogP) is 0.764. The molecule has 21 heavy (non-hydrogen) atoms. The Bertz CT molecular complexity index is 476. The molecule has 2 heterocycles. The molecule has 0 aliphatic carbocycles. The van der Waals surface area contributed by atoms with Gasteiger partial charge in [-0.2, -0.15) is 0 Å². The van der Waals surface area contributed by atoms with Gasteiger partial charge in [0, 0.05) is 18.7 Å². The van der Waals surface area contributed by atoms with Crippen molar-refractivity contribution >= 4 is 15.8 Å². The Balaban J connectivity index is 2.10. The third-order valence-corrected chi connectivity index (χ3v) is 6.25. The van der Waals surface area contributed by atoms with Crippen LogP contribution in [0.25, 0.3) is 0 Å². The van der Waals surface area contributed by atoms with E-state index < -0.39 is 15.8 Å². The Labute approximate surface area is 126 Å². The minimum atomic E-state index is -3.01. The molecule has 2 aliphatic rings. The Morgan fingerprint density at radius 1 is 1.33 bits per heavy atom. The van der Waals surface area contributed by atoms with Crippen LogP contribution in [0.1, 0.15) is 33.1 Å². The summed E-state index contributed by atoms with van der Waals surface area (Å²) in [6, 6.07) is -0.0671. The van der Waals surface area contributed by atoms with Gasteiger partial charge in [-0.3, -0.25) is 9.69 Å². The molecule has 6 nitrogen and oxygen atoms in total. The van der Waals surface area contributed by atoms with E-state index in [0.29, 0.717) is 18.9 Å². The van der Waals surface area contributed by atoms with Gasteiger partial charge in [-0.15, -0.1) is 0 Å². The van der Waals surface area contributed by atoms with Gasteiger partial charge in [-0.1, -0.05) is 13.8 Å². The summed E-state index contributed by atoms with van der Waals surface area (Å²) in [7, 11) is -3.01.